The second-order valence-corrected chi connectivity index (χ2v) is 4.25. The van der Waals surface area contributed by atoms with E-state index < -0.39 is 0 Å². The van der Waals surface area contributed by atoms with Gasteiger partial charge in [0.15, 0.2) is 0 Å². The Morgan fingerprint density at radius 3 is 2.44 bits per heavy atom. The van der Waals surface area contributed by atoms with Crippen LogP contribution in [-0.4, -0.2) is 25.5 Å². The van der Waals surface area contributed by atoms with Crippen molar-refractivity contribution in [2.24, 2.45) is 11.8 Å². The van der Waals surface area contributed by atoms with Crippen LogP contribution in [0.4, 0.5) is 0 Å². The van der Waals surface area contributed by atoms with Crippen LogP contribution in [0.25, 0.3) is 0 Å². The van der Waals surface area contributed by atoms with Gasteiger partial charge in [0, 0.05) is 12.5 Å². The molecule has 16 heavy (non-hydrogen) atoms. The minimum absolute atomic E-state index is 0.164. The summed E-state index contributed by atoms with van der Waals surface area (Å²) in [5.41, 5.74) is 0. The summed E-state index contributed by atoms with van der Waals surface area (Å²) in [6.07, 6.45) is 3.32. The molecule has 0 saturated carbocycles. The molecule has 0 bridgehead atoms. The first-order valence-electron chi connectivity index (χ1n) is 6.72. The first-order chi connectivity index (χ1) is 7.74. The highest BCUT2D eigenvalue weighted by molar-refractivity contribution is 5.78. The number of rotatable bonds is 4. The fourth-order valence-electron chi connectivity index (χ4n) is 1.69. The molecule has 1 unspecified atom stereocenters. The highest BCUT2D eigenvalue weighted by Gasteiger charge is 2.15. The highest BCUT2D eigenvalue weighted by Crippen LogP contribution is 2.10. The predicted octanol–water partition coefficient (Wildman–Crippen LogP) is 2.17. The van der Waals surface area contributed by atoms with Gasteiger partial charge in [0.05, 0.1) is 0 Å². The lowest BCUT2D eigenvalue weighted by molar-refractivity contribution is -0.124. The van der Waals surface area contributed by atoms with Gasteiger partial charge in [-0.15, -0.1) is 0 Å². The number of carbonyl (C=O) groups is 1. The number of hydrogen-bond donors (Lipinski definition) is 2. The lowest BCUT2D eigenvalue weighted by Crippen LogP contribution is -2.37. The number of nitrogens with one attached hydrogen (secondary N) is 2. The minimum atomic E-state index is 0.164. The fraction of sp³-hybridized carbons (Fsp3) is 0.923. The van der Waals surface area contributed by atoms with Gasteiger partial charge in [-0.05, 0) is 38.3 Å². The van der Waals surface area contributed by atoms with E-state index in [9.17, 15) is 4.79 Å². The fourth-order valence-corrected chi connectivity index (χ4v) is 1.69. The Hall–Kier alpha value is -0.570. The second-order valence-electron chi connectivity index (χ2n) is 4.25. The average Bonchev–Trinajstić information content (AvgIpc) is 2.38. The molecule has 2 N–H and O–H groups in total. The van der Waals surface area contributed by atoms with E-state index in [0.29, 0.717) is 5.92 Å². The van der Waals surface area contributed by atoms with Crippen molar-refractivity contribution in [3.8, 4) is 0 Å². The van der Waals surface area contributed by atoms with E-state index >= 15 is 0 Å². The molecule has 0 aromatic carbocycles. The van der Waals surface area contributed by atoms with Gasteiger partial charge in [-0.2, -0.15) is 0 Å². The van der Waals surface area contributed by atoms with Crippen molar-refractivity contribution in [2.75, 3.05) is 19.6 Å². The zero-order valence-electron chi connectivity index (χ0n) is 11.3. The molecule has 3 nitrogen and oxygen atoms in total. The Kier molecular flexibility index (Phi) is 9.30. The van der Waals surface area contributed by atoms with Crippen LogP contribution in [-0.2, 0) is 4.79 Å². The van der Waals surface area contributed by atoms with Crippen LogP contribution in [0.2, 0.25) is 0 Å². The predicted molar refractivity (Wildman–Crippen MR) is 69.4 cm³/mol. The highest BCUT2D eigenvalue weighted by atomic mass is 16.1. The molecule has 1 atom stereocenters. The van der Waals surface area contributed by atoms with E-state index in [-0.39, 0.29) is 11.8 Å². The number of carbonyl (C=O) groups excluding carboxylic acids is 1. The first kappa shape index (κ1) is 15.4. The maximum atomic E-state index is 11.5. The molecule has 1 amide bonds. The molecule has 1 aliphatic heterocycles. The van der Waals surface area contributed by atoms with Crippen molar-refractivity contribution in [3.05, 3.63) is 0 Å². The van der Waals surface area contributed by atoms with E-state index in [1.807, 2.05) is 20.8 Å². The Morgan fingerprint density at radius 1 is 1.38 bits per heavy atom. The molecule has 1 aliphatic rings. The van der Waals surface area contributed by atoms with Gasteiger partial charge >= 0.3 is 0 Å². The lowest BCUT2D eigenvalue weighted by atomic mass is 9.98. The Bertz CT molecular complexity index is 177. The van der Waals surface area contributed by atoms with Crippen LogP contribution in [0.3, 0.4) is 0 Å². The molecule has 1 rings (SSSR count). The molecule has 0 aromatic heterocycles. The smallest absolute Gasteiger partial charge is 0.222 e. The van der Waals surface area contributed by atoms with Crippen LogP contribution in [0, 0.1) is 11.8 Å². The molecule has 0 aliphatic carbocycles. The topological polar surface area (TPSA) is 41.1 Å². The molecule has 96 valence electrons. The summed E-state index contributed by atoms with van der Waals surface area (Å²) in [6.45, 7) is 11.1. The minimum Gasteiger partial charge on any atom is -0.356 e. The van der Waals surface area contributed by atoms with E-state index in [4.69, 9.17) is 0 Å². The zero-order chi connectivity index (χ0) is 12.4. The van der Waals surface area contributed by atoms with Gasteiger partial charge in [-0.1, -0.05) is 27.7 Å². The summed E-state index contributed by atoms with van der Waals surface area (Å²) in [5.74, 6) is 1.06. The van der Waals surface area contributed by atoms with Crippen molar-refractivity contribution in [1.29, 1.82) is 0 Å². The molecule has 1 heterocycles. The summed E-state index contributed by atoms with van der Waals surface area (Å²) in [5, 5.41) is 6.36. The van der Waals surface area contributed by atoms with Crippen LogP contribution in [0.5, 0.6) is 0 Å². The molecule has 0 aromatic rings. The normalized spacial score (nSPS) is 18.2. The average molecular weight is 228 g/mol. The van der Waals surface area contributed by atoms with E-state index in [0.717, 1.165) is 26.1 Å². The summed E-state index contributed by atoms with van der Waals surface area (Å²) >= 11 is 0. The maximum absolute atomic E-state index is 11.5. The van der Waals surface area contributed by atoms with Crippen LogP contribution in [0.15, 0.2) is 0 Å². The van der Waals surface area contributed by atoms with E-state index in [1.54, 1.807) is 0 Å². The zero-order valence-corrected chi connectivity index (χ0v) is 11.3. The molecule has 1 fully saturated rings. The van der Waals surface area contributed by atoms with Crippen molar-refractivity contribution < 1.29 is 4.79 Å². The summed E-state index contributed by atoms with van der Waals surface area (Å²) in [4.78, 5) is 11.5. The van der Waals surface area contributed by atoms with Gasteiger partial charge in [0.2, 0.25) is 5.91 Å². The van der Waals surface area contributed by atoms with Gasteiger partial charge < -0.3 is 10.6 Å². The molecule has 1 saturated heterocycles. The molecule has 0 spiro atoms. The van der Waals surface area contributed by atoms with Crippen molar-refractivity contribution in [1.82, 2.24) is 10.6 Å². The lowest BCUT2D eigenvalue weighted by Gasteiger charge is -2.23. The number of piperidine rings is 1. The first-order valence-corrected chi connectivity index (χ1v) is 6.72. The Labute approximate surface area is 100 Å². The molecular weight excluding hydrogens is 200 g/mol. The second kappa shape index (κ2) is 9.64. The van der Waals surface area contributed by atoms with Gasteiger partial charge in [-0.3, -0.25) is 4.79 Å². The number of hydrogen-bond acceptors (Lipinski definition) is 2. The van der Waals surface area contributed by atoms with E-state index in [2.05, 4.69) is 17.6 Å². The quantitative estimate of drug-likeness (QED) is 0.774. The third-order valence-corrected chi connectivity index (χ3v) is 3.08. The largest absolute Gasteiger partial charge is 0.356 e. The molecular formula is C13H28N2O. The summed E-state index contributed by atoms with van der Waals surface area (Å²) in [6, 6.07) is 0. The van der Waals surface area contributed by atoms with Crippen LogP contribution in [0.1, 0.15) is 47.0 Å². The van der Waals surface area contributed by atoms with Crippen LogP contribution < -0.4 is 10.6 Å². The standard InChI is InChI=1S/C11H22N2O.C2H6/c1-3-9(2)11(14)13-8-10-4-6-12-7-5-10;1-2/h9-10,12H,3-8H2,1-2H3,(H,13,14);1-2H3. The van der Waals surface area contributed by atoms with Crippen molar-refractivity contribution in [3.63, 3.8) is 0 Å². The van der Waals surface area contributed by atoms with Crippen molar-refractivity contribution >= 4 is 5.91 Å². The molecule has 0 radical (unpaired) electrons. The third kappa shape index (κ3) is 6.11. The SMILES string of the molecule is CC.CCC(C)C(=O)NCC1CCNCC1. The monoisotopic (exact) mass is 228 g/mol. The van der Waals surface area contributed by atoms with Gasteiger partial charge in [-0.25, -0.2) is 0 Å². The van der Waals surface area contributed by atoms with E-state index in [1.165, 1.54) is 12.8 Å². The molecule has 3 heteroatoms. The van der Waals surface area contributed by atoms with Gasteiger partial charge in [0.25, 0.3) is 0 Å². The summed E-state index contributed by atoms with van der Waals surface area (Å²) < 4.78 is 0. The van der Waals surface area contributed by atoms with Gasteiger partial charge in [0.1, 0.15) is 0 Å². The summed E-state index contributed by atoms with van der Waals surface area (Å²) in [7, 11) is 0. The van der Waals surface area contributed by atoms with Crippen LogP contribution >= 0.6 is 0 Å². The third-order valence-electron chi connectivity index (χ3n) is 3.08. The Morgan fingerprint density at radius 2 is 1.94 bits per heavy atom. The Balaban J connectivity index is 0.00000106. The number of amides is 1. The maximum Gasteiger partial charge on any atom is 0.222 e. The van der Waals surface area contributed by atoms with Crippen molar-refractivity contribution in [2.45, 2.75) is 47.0 Å².